The van der Waals surface area contributed by atoms with Crippen molar-refractivity contribution in [1.82, 2.24) is 10.2 Å². The van der Waals surface area contributed by atoms with Crippen LogP contribution < -0.4 is 11.1 Å². The van der Waals surface area contributed by atoms with Crippen molar-refractivity contribution >= 4 is 33.3 Å². The molecule has 2 rings (SSSR count). The molecule has 0 aliphatic carbocycles. The molecule has 7 heteroatoms. The van der Waals surface area contributed by atoms with Gasteiger partial charge in [-0.25, -0.2) is 4.39 Å². The average Bonchev–Trinajstić information content (AvgIpc) is 2.34. The third-order valence-electron chi connectivity index (χ3n) is 2.10. The zero-order valence-electron chi connectivity index (χ0n) is 9.02. The fourth-order valence-electron chi connectivity index (χ4n) is 1.23. The van der Waals surface area contributed by atoms with E-state index in [4.69, 9.17) is 5.73 Å². The maximum Gasteiger partial charge on any atom is 0.276 e. The smallest absolute Gasteiger partial charge is 0.276 e. The molecule has 0 saturated heterocycles. The molecule has 3 N–H and O–H groups in total. The van der Waals surface area contributed by atoms with Gasteiger partial charge in [0.25, 0.3) is 5.91 Å². The molecule has 1 amide bonds. The first-order chi connectivity index (χ1) is 8.56. The molecule has 0 unspecified atom stereocenters. The van der Waals surface area contributed by atoms with Crippen LogP contribution in [0, 0.1) is 5.82 Å². The minimum absolute atomic E-state index is 0.129. The lowest BCUT2D eigenvalue weighted by Crippen LogP contribution is -2.14. The van der Waals surface area contributed by atoms with Crippen molar-refractivity contribution in [2.24, 2.45) is 0 Å². The first-order valence-corrected chi connectivity index (χ1v) is 5.71. The highest BCUT2D eigenvalue weighted by Gasteiger charge is 2.09. The van der Waals surface area contributed by atoms with Crippen LogP contribution in [0.25, 0.3) is 0 Å². The van der Waals surface area contributed by atoms with Crippen molar-refractivity contribution in [1.29, 1.82) is 0 Å². The van der Waals surface area contributed by atoms with Crippen LogP contribution in [0.2, 0.25) is 0 Å². The topological polar surface area (TPSA) is 80.9 Å². The summed E-state index contributed by atoms with van der Waals surface area (Å²) >= 11 is 3.03. The number of rotatable bonds is 2. The number of carbonyl (C=O) groups is 1. The van der Waals surface area contributed by atoms with Gasteiger partial charge in [-0.2, -0.15) is 0 Å². The highest BCUT2D eigenvalue weighted by Crippen LogP contribution is 2.20. The number of hydrogen-bond acceptors (Lipinski definition) is 4. The standard InChI is InChI=1S/C11H8BrFN4O/c12-7-5-6(1-2-8(7)13)15-11(18)9-3-4-10(14)17-16-9/h1-5H,(H2,14,17)(H,15,18). The number of hydrogen-bond donors (Lipinski definition) is 2. The van der Waals surface area contributed by atoms with Crippen LogP contribution in [-0.2, 0) is 0 Å². The van der Waals surface area contributed by atoms with E-state index in [1.807, 2.05) is 0 Å². The van der Waals surface area contributed by atoms with E-state index in [0.29, 0.717) is 5.69 Å². The lowest BCUT2D eigenvalue weighted by Gasteiger charge is -2.05. The monoisotopic (exact) mass is 310 g/mol. The van der Waals surface area contributed by atoms with Gasteiger partial charge in [0, 0.05) is 5.69 Å². The lowest BCUT2D eigenvalue weighted by atomic mass is 10.3. The van der Waals surface area contributed by atoms with Crippen LogP contribution in [0.3, 0.4) is 0 Å². The number of halogens is 2. The zero-order chi connectivity index (χ0) is 13.1. The predicted molar refractivity (Wildman–Crippen MR) is 68.5 cm³/mol. The summed E-state index contributed by atoms with van der Waals surface area (Å²) in [5.41, 5.74) is 5.94. The Morgan fingerprint density at radius 3 is 2.67 bits per heavy atom. The summed E-state index contributed by atoms with van der Waals surface area (Å²) in [7, 11) is 0. The zero-order valence-corrected chi connectivity index (χ0v) is 10.6. The highest BCUT2D eigenvalue weighted by atomic mass is 79.9. The van der Waals surface area contributed by atoms with Gasteiger partial charge in [0.2, 0.25) is 0 Å². The van der Waals surface area contributed by atoms with Gasteiger partial charge in [0.15, 0.2) is 5.69 Å². The Morgan fingerprint density at radius 1 is 1.28 bits per heavy atom. The summed E-state index contributed by atoms with van der Waals surface area (Å²) in [5.74, 6) is -0.614. The number of nitrogens with two attached hydrogens (primary N) is 1. The van der Waals surface area contributed by atoms with E-state index in [1.54, 1.807) is 0 Å². The van der Waals surface area contributed by atoms with Crippen molar-refractivity contribution in [2.45, 2.75) is 0 Å². The number of nitrogens with zero attached hydrogens (tertiary/aromatic N) is 2. The van der Waals surface area contributed by atoms with Gasteiger partial charge in [-0.15, -0.1) is 10.2 Å². The number of carbonyl (C=O) groups excluding carboxylic acids is 1. The number of benzene rings is 1. The molecule has 0 atom stereocenters. The van der Waals surface area contributed by atoms with E-state index < -0.39 is 11.7 Å². The Morgan fingerprint density at radius 2 is 2.06 bits per heavy atom. The lowest BCUT2D eigenvalue weighted by molar-refractivity contribution is 0.102. The van der Waals surface area contributed by atoms with E-state index >= 15 is 0 Å². The summed E-state index contributed by atoms with van der Waals surface area (Å²) in [5, 5.41) is 9.78. The van der Waals surface area contributed by atoms with Crippen molar-refractivity contribution < 1.29 is 9.18 Å². The van der Waals surface area contributed by atoms with Crippen molar-refractivity contribution in [3.8, 4) is 0 Å². The Bertz CT molecular complexity index is 588. The third-order valence-corrected chi connectivity index (χ3v) is 2.70. The quantitative estimate of drug-likeness (QED) is 0.891. The van der Waals surface area contributed by atoms with Gasteiger partial charge in [0.05, 0.1) is 4.47 Å². The van der Waals surface area contributed by atoms with Gasteiger partial charge in [0.1, 0.15) is 11.6 Å². The molecular formula is C11H8BrFN4O. The second-order valence-corrected chi connectivity index (χ2v) is 4.28. The molecule has 0 aliphatic rings. The molecule has 2 aromatic rings. The van der Waals surface area contributed by atoms with Crippen molar-refractivity contribution in [2.75, 3.05) is 11.1 Å². The summed E-state index contributed by atoms with van der Waals surface area (Å²) in [6.45, 7) is 0. The molecule has 0 radical (unpaired) electrons. The third kappa shape index (κ3) is 2.80. The SMILES string of the molecule is Nc1ccc(C(=O)Nc2ccc(F)c(Br)c2)nn1. The first-order valence-electron chi connectivity index (χ1n) is 4.92. The minimum Gasteiger partial charge on any atom is -0.382 e. The van der Waals surface area contributed by atoms with E-state index in [9.17, 15) is 9.18 Å². The molecule has 1 aromatic carbocycles. The minimum atomic E-state index is -0.444. The van der Waals surface area contributed by atoms with Gasteiger partial charge >= 0.3 is 0 Å². The Labute approximate surface area is 110 Å². The van der Waals surface area contributed by atoms with Gasteiger partial charge < -0.3 is 11.1 Å². The molecule has 0 fully saturated rings. The van der Waals surface area contributed by atoms with Crippen LogP contribution in [0.4, 0.5) is 15.9 Å². The summed E-state index contributed by atoms with van der Waals surface area (Å²) < 4.78 is 13.3. The van der Waals surface area contributed by atoms with E-state index in [0.717, 1.165) is 0 Å². The molecular weight excluding hydrogens is 303 g/mol. The second kappa shape index (κ2) is 5.09. The van der Waals surface area contributed by atoms with Crippen LogP contribution >= 0.6 is 15.9 Å². The molecule has 0 saturated carbocycles. The number of aromatic nitrogens is 2. The molecule has 92 valence electrons. The maximum atomic E-state index is 13.0. The molecule has 1 heterocycles. The van der Waals surface area contributed by atoms with Crippen LogP contribution in [0.5, 0.6) is 0 Å². The Kier molecular flexibility index (Phi) is 3.52. The average molecular weight is 311 g/mol. The predicted octanol–water partition coefficient (Wildman–Crippen LogP) is 2.21. The van der Waals surface area contributed by atoms with E-state index in [1.165, 1.54) is 30.3 Å². The summed E-state index contributed by atoms with van der Waals surface area (Å²) in [4.78, 5) is 11.8. The second-order valence-electron chi connectivity index (χ2n) is 3.43. The Balaban J connectivity index is 2.16. The normalized spacial score (nSPS) is 10.1. The number of amides is 1. The molecule has 0 spiro atoms. The molecule has 1 aromatic heterocycles. The van der Waals surface area contributed by atoms with Crippen LogP contribution in [0.15, 0.2) is 34.8 Å². The highest BCUT2D eigenvalue weighted by molar-refractivity contribution is 9.10. The molecule has 0 aliphatic heterocycles. The molecule has 5 nitrogen and oxygen atoms in total. The number of nitrogen functional groups attached to an aromatic ring is 1. The first kappa shape index (κ1) is 12.4. The number of anilines is 2. The summed E-state index contributed by atoms with van der Waals surface area (Å²) in [6, 6.07) is 7.08. The largest absolute Gasteiger partial charge is 0.382 e. The van der Waals surface area contributed by atoms with Gasteiger partial charge in [-0.3, -0.25) is 4.79 Å². The maximum absolute atomic E-state index is 13.0. The van der Waals surface area contributed by atoms with E-state index in [-0.39, 0.29) is 16.0 Å². The molecule has 18 heavy (non-hydrogen) atoms. The number of nitrogens with one attached hydrogen (secondary N) is 1. The fraction of sp³-hybridized carbons (Fsp3) is 0. The summed E-state index contributed by atoms with van der Waals surface area (Å²) in [6.07, 6.45) is 0. The van der Waals surface area contributed by atoms with Crippen molar-refractivity contribution in [3.63, 3.8) is 0 Å². The van der Waals surface area contributed by atoms with Crippen LogP contribution in [0.1, 0.15) is 10.5 Å². The van der Waals surface area contributed by atoms with Crippen LogP contribution in [-0.4, -0.2) is 16.1 Å². The van der Waals surface area contributed by atoms with Gasteiger partial charge in [-0.1, -0.05) is 0 Å². The van der Waals surface area contributed by atoms with Gasteiger partial charge in [-0.05, 0) is 46.3 Å². The van der Waals surface area contributed by atoms with E-state index in [2.05, 4.69) is 31.4 Å². The fourth-order valence-corrected chi connectivity index (χ4v) is 1.61. The molecule has 0 bridgehead atoms. The Hall–Kier alpha value is -2.02. The van der Waals surface area contributed by atoms with Crippen molar-refractivity contribution in [3.05, 3.63) is 46.3 Å².